The van der Waals surface area contributed by atoms with Gasteiger partial charge in [0.15, 0.2) is 0 Å². The minimum atomic E-state index is 0.303. The predicted octanol–water partition coefficient (Wildman–Crippen LogP) is 2.05. The smallest absolute Gasteiger partial charge is 0.119 e. The maximum Gasteiger partial charge on any atom is 0.119 e. The summed E-state index contributed by atoms with van der Waals surface area (Å²) < 4.78 is 11.3. The Kier molecular flexibility index (Phi) is 5.20. The third-order valence-electron chi connectivity index (χ3n) is 3.20. The van der Waals surface area contributed by atoms with Crippen molar-refractivity contribution >= 4 is 0 Å². The monoisotopic (exact) mass is 260 g/mol. The van der Waals surface area contributed by atoms with Crippen LogP contribution in [0, 0.1) is 11.3 Å². The number of hydrogen-bond donors (Lipinski definition) is 0. The zero-order chi connectivity index (χ0) is 13.5. The van der Waals surface area contributed by atoms with E-state index in [1.165, 1.54) is 0 Å². The molecule has 1 aromatic rings. The Morgan fingerprint density at radius 2 is 2.21 bits per heavy atom. The van der Waals surface area contributed by atoms with Crippen LogP contribution in [0.1, 0.15) is 18.9 Å². The summed E-state index contributed by atoms with van der Waals surface area (Å²) in [5.41, 5.74) is 0.658. The second-order valence-corrected chi connectivity index (χ2v) is 4.82. The minimum absolute atomic E-state index is 0.303. The van der Waals surface area contributed by atoms with E-state index in [1.807, 2.05) is 12.1 Å². The van der Waals surface area contributed by atoms with Crippen LogP contribution >= 0.6 is 0 Å². The van der Waals surface area contributed by atoms with Crippen LogP contribution in [0.5, 0.6) is 5.75 Å². The third kappa shape index (κ3) is 4.55. The number of rotatable bonds is 4. The molecular formula is C15H20N2O2. The summed E-state index contributed by atoms with van der Waals surface area (Å²) in [7, 11) is 0. The van der Waals surface area contributed by atoms with Gasteiger partial charge in [0.25, 0.3) is 0 Å². The molecule has 1 heterocycles. The Balaban J connectivity index is 1.74. The molecule has 0 radical (unpaired) electrons. The highest BCUT2D eigenvalue weighted by atomic mass is 16.5. The van der Waals surface area contributed by atoms with Crippen LogP contribution in [-0.4, -0.2) is 43.9 Å². The van der Waals surface area contributed by atoms with Crippen LogP contribution in [0.4, 0.5) is 0 Å². The SMILES string of the molecule is CC1CN(CCOc2ccc(C#N)cc2)CCCO1. The number of ether oxygens (including phenoxy) is 2. The van der Waals surface area contributed by atoms with Gasteiger partial charge in [-0.3, -0.25) is 4.90 Å². The Labute approximate surface area is 114 Å². The number of benzene rings is 1. The van der Waals surface area contributed by atoms with E-state index in [2.05, 4.69) is 17.9 Å². The van der Waals surface area contributed by atoms with Gasteiger partial charge in [-0.25, -0.2) is 0 Å². The van der Waals surface area contributed by atoms with E-state index in [4.69, 9.17) is 14.7 Å². The van der Waals surface area contributed by atoms with Crippen molar-refractivity contribution in [2.24, 2.45) is 0 Å². The van der Waals surface area contributed by atoms with Gasteiger partial charge in [0.05, 0.1) is 17.7 Å². The summed E-state index contributed by atoms with van der Waals surface area (Å²) in [4.78, 5) is 2.38. The summed E-state index contributed by atoms with van der Waals surface area (Å²) >= 11 is 0. The van der Waals surface area contributed by atoms with Gasteiger partial charge >= 0.3 is 0 Å². The fourth-order valence-electron chi connectivity index (χ4n) is 2.20. The van der Waals surface area contributed by atoms with Crippen molar-refractivity contribution in [1.29, 1.82) is 5.26 Å². The molecule has 0 bridgehead atoms. The summed E-state index contributed by atoms with van der Waals surface area (Å²) in [6.07, 6.45) is 1.39. The van der Waals surface area contributed by atoms with Crippen LogP contribution in [-0.2, 0) is 4.74 Å². The predicted molar refractivity (Wildman–Crippen MR) is 73.1 cm³/mol. The molecule has 1 saturated heterocycles. The molecule has 2 rings (SSSR count). The van der Waals surface area contributed by atoms with Gasteiger partial charge in [0.2, 0.25) is 0 Å². The lowest BCUT2D eigenvalue weighted by atomic mass is 10.2. The fraction of sp³-hybridized carbons (Fsp3) is 0.533. The second kappa shape index (κ2) is 7.13. The van der Waals surface area contributed by atoms with Crippen LogP contribution in [0.15, 0.2) is 24.3 Å². The maximum atomic E-state index is 8.72. The first-order chi connectivity index (χ1) is 9.28. The van der Waals surface area contributed by atoms with E-state index in [1.54, 1.807) is 12.1 Å². The lowest BCUT2D eigenvalue weighted by molar-refractivity contribution is 0.0658. The largest absolute Gasteiger partial charge is 0.492 e. The van der Waals surface area contributed by atoms with Crippen molar-refractivity contribution in [3.63, 3.8) is 0 Å². The second-order valence-electron chi connectivity index (χ2n) is 4.82. The van der Waals surface area contributed by atoms with E-state index in [0.717, 1.165) is 38.4 Å². The van der Waals surface area contributed by atoms with Crippen LogP contribution in [0.25, 0.3) is 0 Å². The Morgan fingerprint density at radius 1 is 1.42 bits per heavy atom. The molecule has 0 aliphatic carbocycles. The van der Waals surface area contributed by atoms with Crippen molar-refractivity contribution in [2.45, 2.75) is 19.4 Å². The standard InChI is InChI=1S/C15H20N2O2/c1-13-12-17(7-2-9-18-13)8-10-19-15-5-3-14(11-16)4-6-15/h3-6,13H,2,7-10,12H2,1H3. The molecule has 1 aliphatic rings. The quantitative estimate of drug-likeness (QED) is 0.831. The highest BCUT2D eigenvalue weighted by Gasteiger charge is 2.14. The average Bonchev–Trinajstić information content (AvgIpc) is 2.64. The van der Waals surface area contributed by atoms with Crippen LogP contribution in [0.3, 0.4) is 0 Å². The highest BCUT2D eigenvalue weighted by Crippen LogP contribution is 2.12. The third-order valence-corrected chi connectivity index (χ3v) is 3.20. The molecule has 0 saturated carbocycles. The van der Waals surface area contributed by atoms with E-state index in [-0.39, 0.29) is 0 Å². The summed E-state index contributed by atoms with van der Waals surface area (Å²) in [6, 6.07) is 9.33. The topological polar surface area (TPSA) is 45.5 Å². The number of nitriles is 1. The number of nitrogens with zero attached hydrogens (tertiary/aromatic N) is 2. The van der Waals surface area contributed by atoms with E-state index < -0.39 is 0 Å². The van der Waals surface area contributed by atoms with Crippen molar-refractivity contribution in [2.75, 3.05) is 32.8 Å². The van der Waals surface area contributed by atoms with E-state index in [0.29, 0.717) is 18.3 Å². The summed E-state index contributed by atoms with van der Waals surface area (Å²) in [5, 5.41) is 8.72. The average molecular weight is 260 g/mol. The summed E-state index contributed by atoms with van der Waals surface area (Å²) in [6.45, 7) is 6.58. The molecule has 0 aromatic heterocycles. The Hall–Kier alpha value is -1.57. The molecule has 0 spiro atoms. The lowest BCUT2D eigenvalue weighted by Crippen LogP contribution is -2.33. The lowest BCUT2D eigenvalue weighted by Gasteiger charge is -2.21. The molecule has 1 fully saturated rings. The number of hydrogen-bond acceptors (Lipinski definition) is 4. The first-order valence-corrected chi connectivity index (χ1v) is 6.75. The normalized spacial score (nSPS) is 20.5. The first kappa shape index (κ1) is 13.9. The molecular weight excluding hydrogens is 240 g/mol. The van der Waals surface area contributed by atoms with Gasteiger partial charge in [-0.15, -0.1) is 0 Å². The van der Waals surface area contributed by atoms with Gasteiger partial charge in [0.1, 0.15) is 12.4 Å². The van der Waals surface area contributed by atoms with Gasteiger partial charge in [0, 0.05) is 26.2 Å². The molecule has 1 aliphatic heterocycles. The van der Waals surface area contributed by atoms with Gasteiger partial charge < -0.3 is 9.47 Å². The molecule has 102 valence electrons. The molecule has 4 nitrogen and oxygen atoms in total. The van der Waals surface area contributed by atoms with Crippen molar-refractivity contribution in [3.05, 3.63) is 29.8 Å². The van der Waals surface area contributed by atoms with Gasteiger partial charge in [-0.2, -0.15) is 5.26 Å². The molecule has 1 aromatic carbocycles. The van der Waals surface area contributed by atoms with E-state index in [9.17, 15) is 0 Å². The Bertz CT molecular complexity index is 425. The Morgan fingerprint density at radius 3 is 2.95 bits per heavy atom. The molecule has 1 unspecified atom stereocenters. The molecule has 0 amide bonds. The molecule has 4 heteroatoms. The van der Waals surface area contributed by atoms with Crippen LogP contribution < -0.4 is 4.74 Å². The zero-order valence-corrected chi connectivity index (χ0v) is 11.3. The van der Waals surface area contributed by atoms with Gasteiger partial charge in [-0.05, 0) is 37.6 Å². The first-order valence-electron chi connectivity index (χ1n) is 6.75. The maximum absolute atomic E-state index is 8.72. The van der Waals surface area contributed by atoms with Crippen molar-refractivity contribution in [1.82, 2.24) is 4.90 Å². The molecule has 19 heavy (non-hydrogen) atoms. The van der Waals surface area contributed by atoms with Crippen molar-refractivity contribution < 1.29 is 9.47 Å². The molecule has 0 N–H and O–H groups in total. The fourth-order valence-corrected chi connectivity index (χ4v) is 2.20. The zero-order valence-electron chi connectivity index (χ0n) is 11.3. The molecule has 1 atom stereocenters. The van der Waals surface area contributed by atoms with E-state index >= 15 is 0 Å². The van der Waals surface area contributed by atoms with Crippen molar-refractivity contribution in [3.8, 4) is 11.8 Å². The van der Waals surface area contributed by atoms with Crippen LogP contribution in [0.2, 0.25) is 0 Å². The summed E-state index contributed by atoms with van der Waals surface area (Å²) in [5.74, 6) is 0.818. The highest BCUT2D eigenvalue weighted by molar-refractivity contribution is 5.34. The minimum Gasteiger partial charge on any atom is -0.492 e. The van der Waals surface area contributed by atoms with Gasteiger partial charge in [-0.1, -0.05) is 0 Å².